The van der Waals surface area contributed by atoms with Crippen molar-refractivity contribution >= 4 is 22.0 Å². The number of halogens is 1. The Kier molecular flexibility index (Phi) is 2.46. The molecule has 3 nitrogen and oxygen atoms in total. The second kappa shape index (κ2) is 3.61. The van der Waals surface area contributed by atoms with Crippen molar-refractivity contribution in [1.29, 1.82) is 0 Å². The average molecular weight is 256 g/mol. The van der Waals surface area contributed by atoms with Gasteiger partial charge in [0, 0.05) is 11.0 Å². The van der Waals surface area contributed by atoms with Crippen molar-refractivity contribution in [2.75, 3.05) is 6.54 Å². The zero-order valence-electron chi connectivity index (χ0n) is 7.53. The van der Waals surface area contributed by atoms with Crippen LogP contribution < -0.4 is 0 Å². The van der Waals surface area contributed by atoms with Gasteiger partial charge in [0.1, 0.15) is 0 Å². The second-order valence-corrected chi connectivity index (χ2v) is 4.19. The maximum Gasteiger partial charge on any atom is 0.407 e. The van der Waals surface area contributed by atoms with E-state index < -0.39 is 6.09 Å². The molecule has 74 valence electrons. The molecule has 0 saturated heterocycles. The van der Waals surface area contributed by atoms with Crippen LogP contribution in [0.15, 0.2) is 22.7 Å². The molecule has 1 aliphatic rings. The van der Waals surface area contributed by atoms with Gasteiger partial charge in [-0.1, -0.05) is 28.1 Å². The van der Waals surface area contributed by atoms with Crippen molar-refractivity contribution in [3.63, 3.8) is 0 Å². The maximum absolute atomic E-state index is 10.8. The number of carbonyl (C=O) groups is 1. The maximum atomic E-state index is 10.8. The first-order valence-corrected chi connectivity index (χ1v) is 5.22. The van der Waals surface area contributed by atoms with Gasteiger partial charge in [0.2, 0.25) is 0 Å². The Bertz CT molecular complexity index is 378. The molecule has 1 aromatic rings. The zero-order valence-corrected chi connectivity index (χ0v) is 9.12. The molecule has 0 saturated carbocycles. The Hall–Kier alpha value is -1.03. The summed E-state index contributed by atoms with van der Waals surface area (Å²) >= 11 is 3.44. The van der Waals surface area contributed by atoms with Gasteiger partial charge in [-0.05, 0) is 23.6 Å². The van der Waals surface area contributed by atoms with Crippen molar-refractivity contribution < 1.29 is 9.90 Å². The van der Waals surface area contributed by atoms with E-state index in [0.29, 0.717) is 13.1 Å². The summed E-state index contributed by atoms with van der Waals surface area (Å²) in [6.45, 7) is 1.09. The molecule has 0 fully saturated rings. The zero-order chi connectivity index (χ0) is 10.1. The Morgan fingerprint density at radius 3 is 3.00 bits per heavy atom. The minimum Gasteiger partial charge on any atom is -0.465 e. The van der Waals surface area contributed by atoms with Gasteiger partial charge in [-0.25, -0.2) is 4.79 Å². The Morgan fingerprint density at radius 1 is 1.50 bits per heavy atom. The van der Waals surface area contributed by atoms with Crippen molar-refractivity contribution in [3.8, 4) is 0 Å². The Morgan fingerprint density at radius 2 is 2.29 bits per heavy atom. The van der Waals surface area contributed by atoms with E-state index in [-0.39, 0.29) is 0 Å². The standard InChI is InChI=1S/C10H10BrNO2/c11-9-3-1-2-7-4-5-12(10(13)14)6-8(7)9/h1-3H,4-6H2,(H,13,14). The average Bonchev–Trinajstić information content (AvgIpc) is 2.18. The van der Waals surface area contributed by atoms with E-state index in [4.69, 9.17) is 5.11 Å². The first kappa shape index (κ1) is 9.52. The molecule has 0 radical (unpaired) electrons. The highest BCUT2D eigenvalue weighted by Gasteiger charge is 2.20. The molecule has 0 aromatic heterocycles. The van der Waals surface area contributed by atoms with Crippen LogP contribution in [-0.2, 0) is 13.0 Å². The monoisotopic (exact) mass is 255 g/mol. The normalized spacial score (nSPS) is 15.1. The highest BCUT2D eigenvalue weighted by molar-refractivity contribution is 9.10. The largest absolute Gasteiger partial charge is 0.465 e. The third-order valence-electron chi connectivity index (χ3n) is 2.49. The molecule has 1 heterocycles. The molecular formula is C10H10BrNO2. The molecule has 0 atom stereocenters. The fraction of sp³-hybridized carbons (Fsp3) is 0.300. The van der Waals surface area contributed by atoms with Crippen molar-refractivity contribution in [3.05, 3.63) is 33.8 Å². The summed E-state index contributed by atoms with van der Waals surface area (Å²) in [6.07, 6.45) is -0.0347. The molecule has 1 amide bonds. The second-order valence-electron chi connectivity index (χ2n) is 3.33. The highest BCUT2D eigenvalue weighted by Crippen LogP contribution is 2.26. The number of amides is 1. The van der Waals surface area contributed by atoms with Gasteiger partial charge in [0.05, 0.1) is 6.54 Å². The van der Waals surface area contributed by atoms with Gasteiger partial charge in [-0.15, -0.1) is 0 Å². The third kappa shape index (κ3) is 1.62. The molecule has 2 rings (SSSR count). The van der Waals surface area contributed by atoms with Gasteiger partial charge in [0.25, 0.3) is 0 Å². The molecule has 1 N–H and O–H groups in total. The summed E-state index contributed by atoms with van der Waals surface area (Å²) in [6, 6.07) is 5.99. The summed E-state index contributed by atoms with van der Waals surface area (Å²) in [4.78, 5) is 12.2. The van der Waals surface area contributed by atoms with Gasteiger partial charge in [0.15, 0.2) is 0 Å². The molecule has 0 aliphatic carbocycles. The number of carboxylic acid groups (broad SMARTS) is 1. The molecule has 1 aliphatic heterocycles. The summed E-state index contributed by atoms with van der Waals surface area (Å²) in [5, 5.41) is 8.87. The highest BCUT2D eigenvalue weighted by atomic mass is 79.9. The van der Waals surface area contributed by atoms with Crippen LogP contribution in [0.3, 0.4) is 0 Å². The SMILES string of the molecule is O=C(O)N1CCc2cccc(Br)c2C1. The minimum atomic E-state index is -0.841. The van der Waals surface area contributed by atoms with E-state index in [9.17, 15) is 4.79 Å². The van der Waals surface area contributed by atoms with E-state index in [1.165, 1.54) is 10.5 Å². The van der Waals surface area contributed by atoms with Crippen LogP contribution in [0.2, 0.25) is 0 Å². The van der Waals surface area contributed by atoms with Crippen molar-refractivity contribution in [2.24, 2.45) is 0 Å². The molecule has 14 heavy (non-hydrogen) atoms. The summed E-state index contributed by atoms with van der Waals surface area (Å²) in [5.74, 6) is 0. The molecule has 1 aromatic carbocycles. The lowest BCUT2D eigenvalue weighted by atomic mass is 10.0. The molecule has 4 heteroatoms. The summed E-state index contributed by atoms with van der Waals surface area (Å²) < 4.78 is 1.00. The van der Waals surface area contributed by atoms with Gasteiger partial charge >= 0.3 is 6.09 Å². The number of nitrogens with zero attached hydrogens (tertiary/aromatic N) is 1. The topological polar surface area (TPSA) is 40.5 Å². The van der Waals surface area contributed by atoms with Gasteiger partial charge in [-0.3, -0.25) is 0 Å². The first-order valence-electron chi connectivity index (χ1n) is 4.42. The number of hydrogen-bond acceptors (Lipinski definition) is 1. The van der Waals surface area contributed by atoms with E-state index in [0.717, 1.165) is 16.5 Å². The number of benzene rings is 1. The van der Waals surface area contributed by atoms with Crippen molar-refractivity contribution in [1.82, 2.24) is 4.90 Å². The van der Waals surface area contributed by atoms with Crippen LogP contribution in [0.4, 0.5) is 4.79 Å². The number of rotatable bonds is 0. The molecule has 0 spiro atoms. The van der Waals surface area contributed by atoms with E-state index >= 15 is 0 Å². The van der Waals surface area contributed by atoms with Crippen LogP contribution in [0, 0.1) is 0 Å². The van der Waals surface area contributed by atoms with Crippen LogP contribution in [0.1, 0.15) is 11.1 Å². The van der Waals surface area contributed by atoms with Crippen LogP contribution in [0.5, 0.6) is 0 Å². The van der Waals surface area contributed by atoms with Gasteiger partial charge in [-0.2, -0.15) is 0 Å². The van der Waals surface area contributed by atoms with Crippen LogP contribution in [0.25, 0.3) is 0 Å². The lowest BCUT2D eigenvalue weighted by molar-refractivity contribution is 0.140. The number of fused-ring (bicyclic) bond motifs is 1. The van der Waals surface area contributed by atoms with Crippen molar-refractivity contribution in [2.45, 2.75) is 13.0 Å². The van der Waals surface area contributed by atoms with Crippen LogP contribution in [-0.4, -0.2) is 22.6 Å². The molecular weight excluding hydrogens is 246 g/mol. The minimum absolute atomic E-state index is 0.492. The number of hydrogen-bond donors (Lipinski definition) is 1. The van der Waals surface area contributed by atoms with E-state index in [2.05, 4.69) is 22.0 Å². The summed E-state index contributed by atoms with van der Waals surface area (Å²) in [7, 11) is 0. The predicted molar refractivity (Wildman–Crippen MR) is 56.3 cm³/mol. The summed E-state index contributed by atoms with van der Waals surface area (Å²) in [5.41, 5.74) is 2.35. The fourth-order valence-corrected chi connectivity index (χ4v) is 2.24. The predicted octanol–water partition coefficient (Wildman–Crippen LogP) is 2.49. The molecule has 0 unspecified atom stereocenters. The van der Waals surface area contributed by atoms with E-state index in [1.54, 1.807) is 0 Å². The van der Waals surface area contributed by atoms with Crippen LogP contribution >= 0.6 is 15.9 Å². The third-order valence-corrected chi connectivity index (χ3v) is 3.23. The first-order chi connectivity index (χ1) is 6.68. The lowest BCUT2D eigenvalue weighted by Crippen LogP contribution is -2.34. The lowest BCUT2D eigenvalue weighted by Gasteiger charge is -2.27. The quantitative estimate of drug-likeness (QED) is 0.774. The fourth-order valence-electron chi connectivity index (χ4n) is 1.70. The smallest absolute Gasteiger partial charge is 0.407 e. The molecule has 0 bridgehead atoms. The Labute approximate surface area is 90.5 Å². The Balaban J connectivity index is 2.33. The van der Waals surface area contributed by atoms with E-state index in [1.807, 2.05) is 12.1 Å². The van der Waals surface area contributed by atoms with Gasteiger partial charge < -0.3 is 10.0 Å².